The fourth-order valence-corrected chi connectivity index (χ4v) is 0. The number of rotatable bonds is 2. The van der Waals surface area contributed by atoms with E-state index in [0.29, 0.717) is 12.6 Å². The van der Waals surface area contributed by atoms with Gasteiger partial charge >= 0.3 is 0 Å². The second-order valence-electron chi connectivity index (χ2n) is 0.698. The predicted molar refractivity (Wildman–Crippen MR) is 50.8 cm³/mol. The quantitative estimate of drug-likeness (QED) is 0.540. The molecule has 0 aliphatic carbocycles. The number of aliphatic hydroxyl groups is 2. The van der Waals surface area contributed by atoms with Crippen LogP contribution in [0.4, 0.5) is 18.8 Å². The molecule has 0 fully saturated rings. The molecule has 10 heteroatoms. The van der Waals surface area contributed by atoms with Gasteiger partial charge in [-0.15, -0.1) is 24.8 Å². The van der Waals surface area contributed by atoms with Crippen molar-refractivity contribution >= 4 is 37.4 Å². The summed E-state index contributed by atoms with van der Waals surface area (Å²) in [7, 11) is 0. The Labute approximate surface area is 90.0 Å². The van der Waals surface area contributed by atoms with Gasteiger partial charge in [-0.2, -0.15) is 0 Å². The van der Waals surface area contributed by atoms with Crippen LogP contribution in [0.5, 0.6) is 0 Å². The highest BCUT2D eigenvalue weighted by Crippen LogP contribution is 1.28. The van der Waals surface area contributed by atoms with Crippen LogP contribution >= 0.6 is 24.8 Å². The first-order valence-corrected chi connectivity index (χ1v) is 1.92. The molecule has 0 atom stereocenters. The molecule has 0 aromatic carbocycles. The molecule has 4 nitrogen and oxygen atoms in total. The zero-order valence-electron chi connectivity index (χ0n) is 6.73. The summed E-state index contributed by atoms with van der Waals surface area (Å²) >= 11 is 0. The summed E-state index contributed by atoms with van der Waals surface area (Å²) in [5, 5.41) is 15.0. The van der Waals surface area contributed by atoms with Gasteiger partial charge in [-0.05, 0) is 0 Å². The molecule has 2 N–H and O–H groups in total. The number of hydrogen-bond acceptors (Lipinski definition) is 4. The third-order valence-corrected chi connectivity index (χ3v) is 0.149. The Morgan fingerprint density at radius 2 is 0.786 bits per heavy atom. The molecule has 0 radical (unpaired) electrons. The van der Waals surface area contributed by atoms with E-state index in [2.05, 4.69) is 0 Å². The number of hydrogen-bond donors (Lipinski definition) is 2. The van der Waals surface area contributed by atoms with Crippen molar-refractivity contribution in [2.24, 2.45) is 0 Å². The molecular weight excluding hydrogens is 259 g/mol. The Balaban J connectivity index is -0.00000000600. The van der Waals surface area contributed by atoms with Crippen LogP contribution in [0.2, 0.25) is 0 Å². The van der Waals surface area contributed by atoms with Crippen molar-refractivity contribution in [2.45, 2.75) is 0 Å². The van der Waals surface area contributed by atoms with Crippen molar-refractivity contribution in [3.63, 3.8) is 0 Å². The molecular formula is C4H14Cl2F4O4. The van der Waals surface area contributed by atoms with Crippen LogP contribution in [0.3, 0.4) is 0 Å². The maximum atomic E-state index is 8.92. The molecule has 0 aliphatic heterocycles. The molecule has 0 aliphatic rings. The van der Waals surface area contributed by atoms with Crippen LogP contribution in [-0.2, 0) is 9.59 Å². The monoisotopic (exact) mass is 272 g/mol. The van der Waals surface area contributed by atoms with Gasteiger partial charge < -0.3 is 19.8 Å². The average Bonchev–Trinajstić information content (AvgIpc) is 1.88. The largest absolute Gasteiger partial charge is 0.389 e. The van der Waals surface area contributed by atoms with Crippen molar-refractivity contribution in [3.8, 4) is 0 Å². The summed E-state index contributed by atoms with van der Waals surface area (Å²) in [6.45, 7) is -0.722. The molecule has 0 bridgehead atoms. The molecule has 0 saturated heterocycles. The number of carbonyl (C=O) groups is 2. The van der Waals surface area contributed by atoms with Gasteiger partial charge in [0, 0.05) is 0 Å². The summed E-state index contributed by atoms with van der Waals surface area (Å²) in [6.07, 6.45) is 0.861. The molecule has 0 spiro atoms. The summed E-state index contributed by atoms with van der Waals surface area (Å²) in [5.41, 5.74) is 0. The zero-order valence-corrected chi connectivity index (χ0v) is 8.36. The minimum Gasteiger partial charge on any atom is -0.389 e. The minimum atomic E-state index is -0.361. The lowest BCUT2D eigenvalue weighted by Gasteiger charge is -1.54. The molecule has 0 aromatic rings. The number of halogens is 6. The third kappa shape index (κ3) is 530. The predicted octanol–water partition coefficient (Wildman–Crippen LogP) is -0.191. The van der Waals surface area contributed by atoms with Gasteiger partial charge in [-0.3, -0.25) is 18.8 Å². The first-order chi connectivity index (χ1) is 3.83. The topological polar surface area (TPSA) is 74.6 Å². The summed E-state index contributed by atoms with van der Waals surface area (Å²) in [4.78, 5) is 17.8. The highest BCUT2D eigenvalue weighted by atomic mass is 35.5. The van der Waals surface area contributed by atoms with Crippen LogP contribution in [0.15, 0.2) is 0 Å². The van der Waals surface area contributed by atoms with Crippen molar-refractivity contribution in [3.05, 3.63) is 0 Å². The number of aldehydes is 2. The molecule has 0 unspecified atom stereocenters. The lowest BCUT2D eigenvalue weighted by atomic mass is 10.9. The second-order valence-corrected chi connectivity index (χ2v) is 0.698. The number of aliphatic hydroxyl groups excluding tert-OH is 2. The van der Waals surface area contributed by atoms with E-state index >= 15 is 0 Å². The first kappa shape index (κ1) is 69.2. The van der Waals surface area contributed by atoms with E-state index in [1.54, 1.807) is 0 Å². The fraction of sp³-hybridized carbons (Fsp3) is 0.500. The molecule has 96 valence electrons. The van der Waals surface area contributed by atoms with Crippen LogP contribution < -0.4 is 0 Å². The Morgan fingerprint density at radius 3 is 0.786 bits per heavy atom. The van der Waals surface area contributed by atoms with Gasteiger partial charge in [0.05, 0.1) is 13.2 Å². The molecule has 14 heavy (non-hydrogen) atoms. The first-order valence-electron chi connectivity index (χ1n) is 1.92. The van der Waals surface area contributed by atoms with Crippen molar-refractivity contribution in [1.29, 1.82) is 0 Å². The van der Waals surface area contributed by atoms with E-state index in [4.69, 9.17) is 19.8 Å². The Hall–Kier alpha value is -0.440. The normalized spacial score (nSPS) is 3.57. The van der Waals surface area contributed by atoms with Crippen molar-refractivity contribution in [1.82, 2.24) is 0 Å². The SMILES string of the molecule is Cl.Cl.F.F.F.F.O=CCO.O=CCO. The van der Waals surface area contributed by atoms with Crippen molar-refractivity contribution in [2.75, 3.05) is 13.2 Å². The second kappa shape index (κ2) is 132. The van der Waals surface area contributed by atoms with Crippen LogP contribution in [0.25, 0.3) is 0 Å². The third-order valence-electron chi connectivity index (χ3n) is 0.149. The van der Waals surface area contributed by atoms with Crippen LogP contribution in [-0.4, -0.2) is 36.0 Å². The zero-order chi connectivity index (χ0) is 6.83. The van der Waals surface area contributed by atoms with E-state index < -0.39 is 0 Å². The fourth-order valence-electron chi connectivity index (χ4n) is 0. The van der Waals surface area contributed by atoms with E-state index in [1.165, 1.54) is 0 Å². The highest BCUT2D eigenvalue weighted by molar-refractivity contribution is 5.85. The molecule has 0 rings (SSSR count). The van der Waals surface area contributed by atoms with Crippen LogP contribution in [0, 0.1) is 0 Å². The van der Waals surface area contributed by atoms with Gasteiger partial charge in [0.15, 0.2) is 0 Å². The molecule has 0 amide bonds. The summed E-state index contributed by atoms with van der Waals surface area (Å²) in [5.74, 6) is 0. The van der Waals surface area contributed by atoms with E-state index in [-0.39, 0.29) is 56.8 Å². The van der Waals surface area contributed by atoms with Gasteiger partial charge in [-0.25, -0.2) is 0 Å². The Bertz CT molecular complexity index is 63.3. The van der Waals surface area contributed by atoms with E-state index in [0.717, 1.165) is 0 Å². The lowest BCUT2D eigenvalue weighted by molar-refractivity contribution is -0.110. The maximum absolute atomic E-state index is 8.92. The van der Waals surface area contributed by atoms with E-state index in [1.807, 2.05) is 0 Å². The van der Waals surface area contributed by atoms with E-state index in [9.17, 15) is 0 Å². The maximum Gasteiger partial charge on any atom is 0.145 e. The average molecular weight is 273 g/mol. The minimum absolute atomic E-state index is 0. The Kier molecular flexibility index (Phi) is 655. The van der Waals surface area contributed by atoms with Crippen molar-refractivity contribution < 1.29 is 38.6 Å². The Morgan fingerprint density at radius 1 is 0.714 bits per heavy atom. The standard InChI is InChI=1S/2C2H4O2.2ClH.4FH/c2*3-1-2-4;;;;;;/h2*1,4H,2H2;6*1H. The van der Waals surface area contributed by atoms with Gasteiger partial charge in [0.1, 0.15) is 12.6 Å². The summed E-state index contributed by atoms with van der Waals surface area (Å²) in [6, 6.07) is 0. The van der Waals surface area contributed by atoms with Gasteiger partial charge in [0.25, 0.3) is 0 Å². The van der Waals surface area contributed by atoms with Gasteiger partial charge in [-0.1, -0.05) is 0 Å². The molecule has 0 heterocycles. The van der Waals surface area contributed by atoms with Gasteiger partial charge in [0.2, 0.25) is 0 Å². The number of carbonyl (C=O) groups excluding carboxylic acids is 2. The lowest BCUT2D eigenvalue weighted by Crippen LogP contribution is -1.75. The highest BCUT2D eigenvalue weighted by Gasteiger charge is 1.53. The molecule has 0 saturated carbocycles. The van der Waals surface area contributed by atoms with Crippen LogP contribution in [0.1, 0.15) is 0 Å². The smallest absolute Gasteiger partial charge is 0.145 e. The molecule has 0 aromatic heterocycles. The summed E-state index contributed by atoms with van der Waals surface area (Å²) < 4.78 is 0.